The summed E-state index contributed by atoms with van der Waals surface area (Å²) in [5, 5.41) is 0. The zero-order valence-electron chi connectivity index (χ0n) is 14.4. The fourth-order valence-electron chi connectivity index (χ4n) is 2.99. The van der Waals surface area contributed by atoms with Crippen LogP contribution >= 0.6 is 0 Å². The molecular formula is C21H22N2. The van der Waals surface area contributed by atoms with E-state index in [0.717, 1.165) is 22.8 Å². The van der Waals surface area contributed by atoms with E-state index in [0.29, 0.717) is 0 Å². The van der Waals surface area contributed by atoms with Crippen LogP contribution in [0.1, 0.15) is 27.9 Å². The summed E-state index contributed by atoms with van der Waals surface area (Å²) in [6, 6.07) is 15.0. The topological polar surface area (TPSA) is 25.8 Å². The van der Waals surface area contributed by atoms with Gasteiger partial charge in [-0.3, -0.25) is 0 Å². The molecule has 0 bridgehead atoms. The lowest BCUT2D eigenvalue weighted by atomic mass is 10.0. The molecule has 0 unspecified atom stereocenters. The Morgan fingerprint density at radius 2 is 1.17 bits per heavy atom. The van der Waals surface area contributed by atoms with E-state index >= 15 is 0 Å². The number of nitrogens with zero attached hydrogens (tertiary/aromatic N) is 2. The van der Waals surface area contributed by atoms with Crippen molar-refractivity contribution in [1.29, 1.82) is 0 Å². The molecule has 0 spiro atoms. The molecule has 3 rings (SSSR count). The summed E-state index contributed by atoms with van der Waals surface area (Å²) in [5.74, 6) is 0.803. The van der Waals surface area contributed by atoms with Gasteiger partial charge in [0.05, 0.1) is 5.69 Å². The van der Waals surface area contributed by atoms with E-state index in [4.69, 9.17) is 4.98 Å². The number of hydrogen-bond donors (Lipinski definition) is 0. The first-order valence-corrected chi connectivity index (χ1v) is 7.95. The van der Waals surface area contributed by atoms with E-state index in [-0.39, 0.29) is 0 Å². The monoisotopic (exact) mass is 302 g/mol. The molecule has 2 aromatic carbocycles. The largest absolute Gasteiger partial charge is 0.233 e. The van der Waals surface area contributed by atoms with Crippen molar-refractivity contribution in [2.24, 2.45) is 0 Å². The minimum atomic E-state index is 0.803. The van der Waals surface area contributed by atoms with Crippen LogP contribution in [0, 0.1) is 34.6 Å². The molecule has 0 aliphatic carbocycles. The molecule has 2 nitrogen and oxygen atoms in total. The van der Waals surface area contributed by atoms with E-state index in [9.17, 15) is 0 Å². The van der Waals surface area contributed by atoms with Crippen molar-refractivity contribution in [1.82, 2.24) is 9.97 Å². The van der Waals surface area contributed by atoms with Crippen LogP contribution in [0.5, 0.6) is 0 Å². The summed E-state index contributed by atoms with van der Waals surface area (Å²) in [6.45, 7) is 10.5. The first-order valence-electron chi connectivity index (χ1n) is 7.95. The molecule has 116 valence electrons. The Bertz CT molecular complexity index is 809. The van der Waals surface area contributed by atoms with E-state index in [1.54, 1.807) is 0 Å². The van der Waals surface area contributed by atoms with E-state index in [2.05, 4.69) is 75.1 Å². The van der Waals surface area contributed by atoms with Gasteiger partial charge in [0.1, 0.15) is 0 Å². The third kappa shape index (κ3) is 3.16. The summed E-state index contributed by atoms with van der Waals surface area (Å²) in [5.41, 5.74) is 9.24. The zero-order chi connectivity index (χ0) is 16.6. The SMILES string of the molecule is Cc1ccc(-c2cc(C)nc(-c3ccc(C)cc3C)n2)c(C)c1. The lowest BCUT2D eigenvalue weighted by Crippen LogP contribution is -1.98. The summed E-state index contributed by atoms with van der Waals surface area (Å²) in [6.07, 6.45) is 0. The average molecular weight is 302 g/mol. The Kier molecular flexibility index (Phi) is 3.99. The zero-order valence-corrected chi connectivity index (χ0v) is 14.4. The van der Waals surface area contributed by atoms with Crippen LogP contribution in [0.15, 0.2) is 42.5 Å². The van der Waals surface area contributed by atoms with Crippen molar-refractivity contribution in [3.63, 3.8) is 0 Å². The Hall–Kier alpha value is -2.48. The van der Waals surface area contributed by atoms with Gasteiger partial charge in [-0.15, -0.1) is 0 Å². The number of aryl methyl sites for hydroxylation is 5. The van der Waals surface area contributed by atoms with Crippen LogP contribution in [0.25, 0.3) is 22.6 Å². The molecule has 2 heteroatoms. The summed E-state index contributed by atoms with van der Waals surface area (Å²) >= 11 is 0. The highest BCUT2D eigenvalue weighted by atomic mass is 14.9. The van der Waals surface area contributed by atoms with Gasteiger partial charge in [-0.25, -0.2) is 9.97 Å². The van der Waals surface area contributed by atoms with Gasteiger partial charge in [-0.2, -0.15) is 0 Å². The van der Waals surface area contributed by atoms with Crippen molar-refractivity contribution in [3.8, 4) is 22.6 Å². The van der Waals surface area contributed by atoms with Crippen LogP contribution in [0.2, 0.25) is 0 Å². The van der Waals surface area contributed by atoms with Crippen molar-refractivity contribution in [2.75, 3.05) is 0 Å². The van der Waals surface area contributed by atoms with Gasteiger partial charge in [0, 0.05) is 16.8 Å². The van der Waals surface area contributed by atoms with Crippen LogP contribution in [-0.4, -0.2) is 9.97 Å². The van der Waals surface area contributed by atoms with Crippen LogP contribution in [0.3, 0.4) is 0 Å². The van der Waals surface area contributed by atoms with E-state index < -0.39 is 0 Å². The van der Waals surface area contributed by atoms with E-state index in [1.807, 2.05) is 6.92 Å². The molecular weight excluding hydrogens is 280 g/mol. The number of hydrogen-bond acceptors (Lipinski definition) is 2. The van der Waals surface area contributed by atoms with E-state index in [1.165, 1.54) is 27.8 Å². The molecule has 23 heavy (non-hydrogen) atoms. The Morgan fingerprint density at radius 3 is 1.74 bits per heavy atom. The molecule has 3 aromatic rings. The molecule has 0 saturated carbocycles. The molecule has 0 atom stereocenters. The number of rotatable bonds is 2. The standard InChI is InChI=1S/C21H22N2/c1-13-6-8-18(15(3)10-13)20-12-17(5)22-21(23-20)19-9-7-14(2)11-16(19)4/h6-12H,1-5H3. The molecule has 1 aromatic heterocycles. The van der Waals surface area contributed by atoms with Gasteiger partial charge in [0.25, 0.3) is 0 Å². The highest BCUT2D eigenvalue weighted by Crippen LogP contribution is 2.27. The maximum atomic E-state index is 4.84. The number of aromatic nitrogens is 2. The second-order valence-corrected chi connectivity index (χ2v) is 6.35. The van der Waals surface area contributed by atoms with Gasteiger partial charge >= 0.3 is 0 Å². The summed E-state index contributed by atoms with van der Waals surface area (Å²) in [7, 11) is 0. The average Bonchev–Trinajstić information content (AvgIpc) is 2.46. The van der Waals surface area contributed by atoms with Crippen molar-refractivity contribution in [3.05, 3.63) is 70.4 Å². The minimum absolute atomic E-state index is 0.803. The lowest BCUT2D eigenvalue weighted by Gasteiger charge is -2.11. The summed E-state index contributed by atoms with van der Waals surface area (Å²) in [4.78, 5) is 9.50. The molecule has 0 aliphatic heterocycles. The van der Waals surface area contributed by atoms with Gasteiger partial charge in [0.2, 0.25) is 0 Å². The lowest BCUT2D eigenvalue weighted by molar-refractivity contribution is 1.11. The molecule has 1 heterocycles. The second kappa shape index (κ2) is 5.96. The van der Waals surface area contributed by atoms with Crippen LogP contribution < -0.4 is 0 Å². The van der Waals surface area contributed by atoms with Gasteiger partial charge < -0.3 is 0 Å². The maximum absolute atomic E-state index is 4.84. The molecule has 0 amide bonds. The van der Waals surface area contributed by atoms with Gasteiger partial charge in [-0.05, 0) is 51.8 Å². The number of benzene rings is 2. The molecule has 0 saturated heterocycles. The fraction of sp³-hybridized carbons (Fsp3) is 0.238. The summed E-state index contributed by atoms with van der Waals surface area (Å²) < 4.78 is 0. The predicted octanol–water partition coefficient (Wildman–Crippen LogP) is 5.35. The predicted molar refractivity (Wildman–Crippen MR) is 96.6 cm³/mol. The first-order chi connectivity index (χ1) is 10.9. The van der Waals surface area contributed by atoms with Gasteiger partial charge in [-0.1, -0.05) is 47.5 Å². The highest BCUT2D eigenvalue weighted by molar-refractivity contribution is 5.68. The first kappa shape index (κ1) is 15.4. The second-order valence-electron chi connectivity index (χ2n) is 6.35. The van der Waals surface area contributed by atoms with Crippen molar-refractivity contribution in [2.45, 2.75) is 34.6 Å². The Labute approximate surface area is 138 Å². The quantitative estimate of drug-likeness (QED) is 0.637. The van der Waals surface area contributed by atoms with Crippen LogP contribution in [-0.2, 0) is 0 Å². The third-order valence-corrected chi connectivity index (χ3v) is 4.13. The Morgan fingerprint density at radius 1 is 0.609 bits per heavy atom. The fourth-order valence-corrected chi connectivity index (χ4v) is 2.99. The molecule has 0 N–H and O–H groups in total. The molecule has 0 radical (unpaired) electrons. The van der Waals surface area contributed by atoms with Gasteiger partial charge in [0.15, 0.2) is 5.82 Å². The van der Waals surface area contributed by atoms with Crippen molar-refractivity contribution >= 4 is 0 Å². The van der Waals surface area contributed by atoms with Crippen LogP contribution in [0.4, 0.5) is 0 Å². The Balaban J connectivity index is 2.16. The maximum Gasteiger partial charge on any atom is 0.160 e. The minimum Gasteiger partial charge on any atom is -0.233 e. The normalized spacial score (nSPS) is 10.8. The smallest absolute Gasteiger partial charge is 0.160 e. The molecule has 0 fully saturated rings. The van der Waals surface area contributed by atoms with Crippen molar-refractivity contribution < 1.29 is 0 Å². The third-order valence-electron chi connectivity index (χ3n) is 4.13. The molecule has 0 aliphatic rings. The highest BCUT2D eigenvalue weighted by Gasteiger charge is 2.10.